The molecule has 9 aromatic rings. The molecule has 0 saturated heterocycles. The summed E-state index contributed by atoms with van der Waals surface area (Å²) in [7, 11) is 0. The topological polar surface area (TPSA) is 31.0 Å². The Morgan fingerprint density at radius 3 is 2.27 bits per heavy atom. The van der Waals surface area contributed by atoms with Crippen LogP contribution in [-0.2, 0) is 5.41 Å². The number of aromatic nitrogens is 2. The lowest BCUT2D eigenvalue weighted by atomic mass is 9.82. The summed E-state index contributed by atoms with van der Waals surface area (Å²) in [5.74, 6) is 0.646. The summed E-state index contributed by atoms with van der Waals surface area (Å²) in [6, 6.07) is 43.9. The number of hydrogen-bond donors (Lipinski definition) is 0. The van der Waals surface area contributed by atoms with Crippen molar-refractivity contribution in [1.82, 2.24) is 9.55 Å². The molecule has 10 rings (SSSR count). The third-order valence-corrected chi connectivity index (χ3v) is 10.8. The number of oxazole rings is 1. The van der Waals surface area contributed by atoms with Gasteiger partial charge in [-0.1, -0.05) is 74.5 Å². The smallest absolute Gasteiger partial charge is 0.227 e. The SMILES string of the molecule is CC1(C)c2ccccc2-c2cc3c4ccccc4n(-c4ccc(-c5nc6cc7c(cc6o5)sc5ccccc57)cc4)c3cc21. The van der Waals surface area contributed by atoms with Gasteiger partial charge in [0.15, 0.2) is 5.58 Å². The highest BCUT2D eigenvalue weighted by Gasteiger charge is 2.36. The fourth-order valence-electron chi connectivity index (χ4n) is 7.46. The van der Waals surface area contributed by atoms with Crippen molar-refractivity contribution in [3.63, 3.8) is 0 Å². The van der Waals surface area contributed by atoms with Gasteiger partial charge in [0.05, 0.1) is 11.0 Å². The zero-order valence-electron chi connectivity index (χ0n) is 24.3. The van der Waals surface area contributed by atoms with Crippen molar-refractivity contribution in [2.75, 3.05) is 0 Å². The minimum atomic E-state index is -0.0565. The van der Waals surface area contributed by atoms with E-state index in [0.29, 0.717) is 5.89 Å². The van der Waals surface area contributed by atoms with E-state index in [1.807, 2.05) is 0 Å². The average molecular weight is 583 g/mol. The molecule has 0 radical (unpaired) electrons. The van der Waals surface area contributed by atoms with Gasteiger partial charge in [0, 0.05) is 53.7 Å². The van der Waals surface area contributed by atoms with Crippen molar-refractivity contribution >= 4 is 64.4 Å². The average Bonchev–Trinajstić information content (AvgIpc) is 3.78. The van der Waals surface area contributed by atoms with Crippen molar-refractivity contribution in [2.45, 2.75) is 19.3 Å². The minimum Gasteiger partial charge on any atom is -0.436 e. The summed E-state index contributed by atoms with van der Waals surface area (Å²) in [5, 5.41) is 5.05. The first-order valence-electron chi connectivity index (χ1n) is 15.0. The molecule has 0 fully saturated rings. The van der Waals surface area contributed by atoms with Gasteiger partial charge in [0.2, 0.25) is 5.89 Å². The van der Waals surface area contributed by atoms with Crippen molar-refractivity contribution in [3.05, 3.63) is 132 Å². The molecule has 44 heavy (non-hydrogen) atoms. The molecule has 3 aromatic heterocycles. The second kappa shape index (κ2) is 8.46. The molecule has 0 unspecified atom stereocenters. The molecule has 0 amide bonds. The predicted octanol–water partition coefficient (Wildman–Crippen LogP) is 11.3. The van der Waals surface area contributed by atoms with Crippen LogP contribution in [0.15, 0.2) is 126 Å². The summed E-state index contributed by atoms with van der Waals surface area (Å²) in [6.07, 6.45) is 0. The van der Waals surface area contributed by atoms with Crippen LogP contribution in [0.3, 0.4) is 0 Å². The molecule has 208 valence electrons. The Morgan fingerprint density at radius 1 is 0.614 bits per heavy atom. The third-order valence-electron chi connectivity index (χ3n) is 9.64. The van der Waals surface area contributed by atoms with E-state index in [0.717, 1.165) is 22.4 Å². The lowest BCUT2D eigenvalue weighted by Gasteiger charge is -2.21. The lowest BCUT2D eigenvalue weighted by molar-refractivity contribution is 0.620. The highest BCUT2D eigenvalue weighted by atomic mass is 32.1. The van der Waals surface area contributed by atoms with Crippen LogP contribution in [0.5, 0.6) is 0 Å². The minimum absolute atomic E-state index is 0.0565. The summed E-state index contributed by atoms with van der Waals surface area (Å²) < 4.78 is 11.2. The maximum atomic E-state index is 6.32. The van der Waals surface area contributed by atoms with Gasteiger partial charge in [-0.15, -0.1) is 11.3 Å². The first-order chi connectivity index (χ1) is 21.5. The molecule has 0 spiro atoms. The number of para-hydroxylation sites is 1. The Morgan fingerprint density at radius 2 is 1.39 bits per heavy atom. The van der Waals surface area contributed by atoms with Crippen LogP contribution in [0, 0.1) is 0 Å². The van der Waals surface area contributed by atoms with Crippen LogP contribution in [0.2, 0.25) is 0 Å². The van der Waals surface area contributed by atoms with E-state index in [9.17, 15) is 0 Å². The number of hydrogen-bond acceptors (Lipinski definition) is 3. The van der Waals surface area contributed by atoms with E-state index >= 15 is 0 Å². The molecule has 6 aromatic carbocycles. The van der Waals surface area contributed by atoms with Gasteiger partial charge >= 0.3 is 0 Å². The standard InChI is InChI=1S/C40H26N2OS/c1-40(2)31-12-6-3-9-25(31)28-19-29-26-10-4-7-13-34(26)42(35(29)21-32(28)40)24-17-15-23(16-18-24)39-41-33-20-30-27-11-5-8-14-37(27)44-38(30)22-36(33)43-39/h3-22H,1-2H3. The molecular formula is C40H26N2OS. The highest BCUT2D eigenvalue weighted by Crippen LogP contribution is 2.51. The Kier molecular flexibility index (Phi) is 4.67. The van der Waals surface area contributed by atoms with Gasteiger partial charge in [0.25, 0.3) is 0 Å². The van der Waals surface area contributed by atoms with Gasteiger partial charge in [-0.2, -0.15) is 0 Å². The van der Waals surface area contributed by atoms with Crippen LogP contribution in [0.4, 0.5) is 0 Å². The summed E-state index contributed by atoms with van der Waals surface area (Å²) in [4.78, 5) is 4.92. The zero-order chi connectivity index (χ0) is 29.2. The first kappa shape index (κ1) is 24.3. The Balaban J connectivity index is 1.12. The monoisotopic (exact) mass is 582 g/mol. The van der Waals surface area contributed by atoms with Gasteiger partial charge in [0.1, 0.15) is 5.52 Å². The number of benzene rings is 6. The summed E-state index contributed by atoms with van der Waals surface area (Å²) >= 11 is 1.80. The van der Waals surface area contributed by atoms with E-state index in [1.165, 1.54) is 64.2 Å². The molecule has 4 heteroatoms. The number of thiophene rings is 1. The second-order valence-corrected chi connectivity index (χ2v) is 13.5. The summed E-state index contributed by atoms with van der Waals surface area (Å²) in [5.41, 5.74) is 11.7. The first-order valence-corrected chi connectivity index (χ1v) is 15.9. The van der Waals surface area contributed by atoms with Gasteiger partial charge in [-0.05, 0) is 76.9 Å². The number of nitrogens with zero attached hydrogens (tertiary/aromatic N) is 2. The van der Waals surface area contributed by atoms with E-state index in [2.05, 4.69) is 140 Å². The van der Waals surface area contributed by atoms with Gasteiger partial charge in [-0.3, -0.25) is 0 Å². The molecule has 1 aliphatic carbocycles. The Bertz CT molecular complexity index is 2630. The Labute approximate surface area is 257 Å². The molecule has 0 aliphatic heterocycles. The predicted molar refractivity (Wildman–Crippen MR) is 184 cm³/mol. The van der Waals surface area contributed by atoms with Crippen LogP contribution < -0.4 is 0 Å². The maximum Gasteiger partial charge on any atom is 0.227 e. The van der Waals surface area contributed by atoms with E-state index in [-0.39, 0.29) is 5.41 Å². The lowest BCUT2D eigenvalue weighted by Crippen LogP contribution is -2.14. The van der Waals surface area contributed by atoms with Crippen molar-refractivity contribution in [3.8, 4) is 28.3 Å². The zero-order valence-corrected chi connectivity index (χ0v) is 25.1. The molecule has 3 heterocycles. The Hall–Kier alpha value is -5.19. The molecule has 0 atom stereocenters. The molecule has 0 N–H and O–H groups in total. The van der Waals surface area contributed by atoms with Gasteiger partial charge in [-0.25, -0.2) is 4.98 Å². The maximum absolute atomic E-state index is 6.32. The van der Waals surface area contributed by atoms with Gasteiger partial charge < -0.3 is 8.98 Å². The molecule has 0 saturated carbocycles. The largest absolute Gasteiger partial charge is 0.436 e. The van der Waals surface area contributed by atoms with Crippen molar-refractivity contribution < 1.29 is 4.42 Å². The fourth-order valence-corrected chi connectivity index (χ4v) is 8.58. The number of rotatable bonds is 2. The van der Waals surface area contributed by atoms with Crippen LogP contribution >= 0.6 is 11.3 Å². The molecular weight excluding hydrogens is 557 g/mol. The third kappa shape index (κ3) is 3.18. The molecule has 3 nitrogen and oxygen atoms in total. The highest BCUT2D eigenvalue weighted by molar-refractivity contribution is 7.25. The van der Waals surface area contributed by atoms with Crippen molar-refractivity contribution in [2.24, 2.45) is 0 Å². The van der Waals surface area contributed by atoms with Crippen LogP contribution in [0.1, 0.15) is 25.0 Å². The van der Waals surface area contributed by atoms with Crippen LogP contribution in [-0.4, -0.2) is 9.55 Å². The van der Waals surface area contributed by atoms with E-state index in [4.69, 9.17) is 9.40 Å². The second-order valence-electron chi connectivity index (χ2n) is 12.4. The molecule has 0 bridgehead atoms. The van der Waals surface area contributed by atoms with E-state index in [1.54, 1.807) is 11.3 Å². The summed E-state index contributed by atoms with van der Waals surface area (Å²) in [6.45, 7) is 4.69. The fraction of sp³-hybridized carbons (Fsp3) is 0.0750. The van der Waals surface area contributed by atoms with E-state index < -0.39 is 0 Å². The van der Waals surface area contributed by atoms with Crippen molar-refractivity contribution in [1.29, 1.82) is 0 Å². The molecule has 1 aliphatic rings. The number of fused-ring (bicyclic) bond motifs is 10. The van der Waals surface area contributed by atoms with Crippen LogP contribution in [0.25, 0.3) is 81.3 Å². The quantitative estimate of drug-likeness (QED) is 0.203. The normalized spacial score (nSPS) is 13.9.